The number of carbonyl (C=O) groups is 1. The predicted octanol–water partition coefficient (Wildman–Crippen LogP) is 5.11. The summed E-state index contributed by atoms with van der Waals surface area (Å²) in [6, 6.07) is 12.3. The van der Waals surface area contributed by atoms with E-state index < -0.39 is 5.82 Å². The molecule has 4 N–H and O–H groups in total. The van der Waals surface area contributed by atoms with Crippen LogP contribution >= 0.6 is 11.3 Å². The Labute approximate surface area is 217 Å². The molecule has 3 aromatic heterocycles. The van der Waals surface area contributed by atoms with E-state index in [9.17, 15) is 9.18 Å². The van der Waals surface area contributed by atoms with Crippen molar-refractivity contribution in [1.82, 2.24) is 20.2 Å². The molecule has 2 fully saturated rings. The Morgan fingerprint density at radius 2 is 2.03 bits per heavy atom. The number of amides is 2. The van der Waals surface area contributed by atoms with Crippen molar-refractivity contribution in [1.29, 1.82) is 0 Å². The van der Waals surface area contributed by atoms with E-state index in [1.54, 1.807) is 18.3 Å². The van der Waals surface area contributed by atoms with Crippen LogP contribution in [0.2, 0.25) is 0 Å². The van der Waals surface area contributed by atoms with Crippen molar-refractivity contribution in [2.45, 2.75) is 37.9 Å². The number of benzene rings is 1. The summed E-state index contributed by atoms with van der Waals surface area (Å²) in [6.07, 6.45) is 6.54. The van der Waals surface area contributed by atoms with Gasteiger partial charge in [-0.15, -0.1) is 11.3 Å². The van der Waals surface area contributed by atoms with E-state index in [1.807, 2.05) is 18.3 Å². The number of nitrogens with zero attached hydrogens (tertiary/aromatic N) is 3. The first kappa shape index (κ1) is 23.8. The SMILES string of the molecule is NC1CCN(Cc2ccc(-c3cc4nccc(Oc5ccc(NC(=O)NC6CC6)cc5F)c4s3)nc2)C1. The maximum atomic E-state index is 14.8. The van der Waals surface area contributed by atoms with Crippen LogP contribution in [0.3, 0.4) is 0 Å². The number of carbonyl (C=O) groups excluding carboxylic acids is 1. The van der Waals surface area contributed by atoms with Crippen molar-refractivity contribution in [2.75, 3.05) is 18.4 Å². The number of hydrogen-bond donors (Lipinski definition) is 3. The van der Waals surface area contributed by atoms with Crippen LogP contribution in [0, 0.1) is 5.82 Å². The van der Waals surface area contributed by atoms with Gasteiger partial charge in [0.05, 0.1) is 20.8 Å². The van der Waals surface area contributed by atoms with E-state index in [0.29, 0.717) is 11.4 Å². The molecule has 0 radical (unpaired) electrons. The third-order valence-electron chi connectivity index (χ3n) is 6.49. The Kier molecular flexibility index (Phi) is 6.45. The highest BCUT2D eigenvalue weighted by Gasteiger charge is 2.23. The molecule has 6 rings (SSSR count). The first-order chi connectivity index (χ1) is 18.0. The number of pyridine rings is 2. The smallest absolute Gasteiger partial charge is 0.319 e. The van der Waals surface area contributed by atoms with Crippen LogP contribution in [-0.4, -0.2) is 46.1 Å². The van der Waals surface area contributed by atoms with Crippen LogP contribution in [-0.2, 0) is 6.54 Å². The number of nitrogens with one attached hydrogen (secondary N) is 2. The maximum absolute atomic E-state index is 14.8. The predicted molar refractivity (Wildman–Crippen MR) is 142 cm³/mol. The van der Waals surface area contributed by atoms with Gasteiger partial charge in [-0.3, -0.25) is 14.9 Å². The zero-order chi connectivity index (χ0) is 25.4. The van der Waals surface area contributed by atoms with Crippen LogP contribution in [0.25, 0.3) is 20.8 Å². The first-order valence-electron chi connectivity index (χ1n) is 12.4. The molecule has 1 aliphatic heterocycles. The monoisotopic (exact) mass is 518 g/mol. The van der Waals surface area contributed by atoms with Crippen molar-refractivity contribution >= 4 is 33.3 Å². The number of likely N-dealkylation sites (tertiary alicyclic amines) is 1. The highest BCUT2D eigenvalue weighted by atomic mass is 32.1. The highest BCUT2D eigenvalue weighted by Crippen LogP contribution is 2.39. The minimum Gasteiger partial charge on any atom is -0.453 e. The Morgan fingerprint density at radius 1 is 1.14 bits per heavy atom. The van der Waals surface area contributed by atoms with Crippen molar-refractivity contribution in [2.24, 2.45) is 5.73 Å². The van der Waals surface area contributed by atoms with Gasteiger partial charge in [0.1, 0.15) is 5.75 Å². The molecule has 1 aromatic carbocycles. The number of hydrogen-bond acceptors (Lipinski definition) is 7. The molecular weight excluding hydrogens is 491 g/mol. The van der Waals surface area contributed by atoms with Crippen molar-refractivity contribution in [3.63, 3.8) is 0 Å². The summed E-state index contributed by atoms with van der Waals surface area (Å²) >= 11 is 1.50. The summed E-state index contributed by atoms with van der Waals surface area (Å²) in [6.45, 7) is 2.78. The van der Waals surface area contributed by atoms with Crippen LogP contribution in [0.4, 0.5) is 14.9 Å². The number of anilines is 1. The average molecular weight is 519 g/mol. The molecule has 4 aromatic rings. The molecule has 8 nitrogen and oxygen atoms in total. The van der Waals surface area contributed by atoms with E-state index in [4.69, 9.17) is 10.5 Å². The molecular formula is C27H27FN6O2S. The van der Waals surface area contributed by atoms with E-state index in [0.717, 1.165) is 65.2 Å². The molecule has 37 heavy (non-hydrogen) atoms. The summed E-state index contributed by atoms with van der Waals surface area (Å²) < 4.78 is 21.6. The molecule has 2 aliphatic rings. The highest BCUT2D eigenvalue weighted by molar-refractivity contribution is 7.22. The molecule has 10 heteroatoms. The third-order valence-corrected chi connectivity index (χ3v) is 7.65. The normalized spacial score (nSPS) is 17.7. The molecule has 1 saturated carbocycles. The topological polar surface area (TPSA) is 105 Å². The number of aromatic nitrogens is 2. The van der Waals surface area contributed by atoms with Crippen LogP contribution in [0.1, 0.15) is 24.8 Å². The van der Waals surface area contributed by atoms with E-state index in [1.165, 1.54) is 23.5 Å². The van der Waals surface area contributed by atoms with E-state index >= 15 is 0 Å². The molecule has 1 aliphatic carbocycles. The van der Waals surface area contributed by atoms with E-state index in [-0.39, 0.29) is 23.9 Å². The fourth-order valence-electron chi connectivity index (χ4n) is 4.41. The van der Waals surface area contributed by atoms with E-state index in [2.05, 4.69) is 31.6 Å². The summed E-state index contributed by atoms with van der Waals surface area (Å²) in [5, 5.41) is 5.46. The Balaban J connectivity index is 1.17. The fraction of sp³-hybridized carbons (Fsp3) is 0.296. The Morgan fingerprint density at radius 3 is 2.76 bits per heavy atom. The average Bonchev–Trinajstić information content (AvgIpc) is 3.42. The lowest BCUT2D eigenvalue weighted by molar-refractivity contribution is 0.251. The van der Waals surface area contributed by atoms with Crippen LogP contribution in [0.15, 0.2) is 54.9 Å². The summed E-state index contributed by atoms with van der Waals surface area (Å²) in [7, 11) is 0. The lowest BCUT2D eigenvalue weighted by atomic mass is 10.2. The molecule has 190 valence electrons. The molecule has 2 amide bonds. The number of halogens is 1. The largest absolute Gasteiger partial charge is 0.453 e. The Bertz CT molecular complexity index is 1440. The lowest BCUT2D eigenvalue weighted by Gasteiger charge is -2.14. The number of ether oxygens (including phenoxy) is 1. The van der Waals surface area contributed by atoms with Crippen LogP contribution in [0.5, 0.6) is 11.5 Å². The molecule has 0 bridgehead atoms. The van der Waals surface area contributed by atoms with Gasteiger partial charge in [0.2, 0.25) is 0 Å². The quantitative estimate of drug-likeness (QED) is 0.314. The zero-order valence-corrected chi connectivity index (χ0v) is 20.9. The number of thiophene rings is 1. The van der Waals surface area contributed by atoms with Gasteiger partial charge in [-0.2, -0.15) is 0 Å². The van der Waals surface area contributed by atoms with Gasteiger partial charge in [0.15, 0.2) is 11.6 Å². The van der Waals surface area contributed by atoms with Gasteiger partial charge in [0.25, 0.3) is 0 Å². The van der Waals surface area contributed by atoms with Crippen LogP contribution < -0.4 is 21.1 Å². The number of urea groups is 1. The Hall–Kier alpha value is -3.60. The zero-order valence-electron chi connectivity index (χ0n) is 20.1. The lowest BCUT2D eigenvalue weighted by Crippen LogP contribution is -2.30. The minimum absolute atomic E-state index is 0.0692. The number of rotatable bonds is 7. The molecule has 0 spiro atoms. The van der Waals surface area contributed by atoms with Crippen molar-refractivity contribution < 1.29 is 13.9 Å². The molecule has 1 unspecified atom stereocenters. The molecule has 1 saturated heterocycles. The third kappa shape index (κ3) is 5.56. The first-order valence-corrected chi connectivity index (χ1v) is 13.2. The number of nitrogens with two attached hydrogens (primary N) is 1. The summed E-state index contributed by atoms with van der Waals surface area (Å²) in [5.74, 6) is 0.0104. The second-order valence-electron chi connectivity index (χ2n) is 9.59. The second-order valence-corrected chi connectivity index (χ2v) is 10.6. The molecule has 1 atom stereocenters. The van der Waals surface area contributed by atoms with Gasteiger partial charge >= 0.3 is 6.03 Å². The summed E-state index contributed by atoms with van der Waals surface area (Å²) in [5.41, 5.74) is 9.13. The van der Waals surface area contributed by atoms with Gasteiger partial charge in [0, 0.05) is 61.9 Å². The fourth-order valence-corrected chi connectivity index (χ4v) is 5.45. The van der Waals surface area contributed by atoms with Crippen molar-refractivity contribution in [3.8, 4) is 22.1 Å². The van der Waals surface area contributed by atoms with Crippen molar-refractivity contribution in [3.05, 3.63) is 66.2 Å². The minimum atomic E-state index is -0.567. The van der Waals surface area contributed by atoms with Gasteiger partial charge in [-0.05, 0) is 49.1 Å². The summed E-state index contributed by atoms with van der Waals surface area (Å²) in [4.78, 5) is 24.4. The molecule has 4 heterocycles. The van der Waals surface area contributed by atoms with Gasteiger partial charge in [-0.25, -0.2) is 9.18 Å². The van der Waals surface area contributed by atoms with Gasteiger partial charge in [-0.1, -0.05) is 6.07 Å². The van der Waals surface area contributed by atoms with Gasteiger partial charge < -0.3 is 21.1 Å². The number of fused-ring (bicyclic) bond motifs is 1. The standard InChI is InChI=1S/C27H27FN6O2S/c28-20-11-19(33-27(35)32-18-2-3-18)4-6-23(20)36-24-7-9-30-22-12-25(37-26(22)24)21-5-1-16(13-31-21)14-34-10-8-17(29)15-34/h1,4-7,9,11-13,17-18H,2-3,8,10,14-15,29H2,(H2,32,33,35). The second kappa shape index (κ2) is 10.0. The maximum Gasteiger partial charge on any atom is 0.319 e.